The van der Waals surface area contributed by atoms with E-state index in [1.165, 1.54) is 6.07 Å². The molecule has 0 fully saturated rings. The Morgan fingerprint density at radius 3 is 2.71 bits per heavy atom. The Morgan fingerprint density at radius 1 is 1.57 bits per heavy atom. The molecule has 1 unspecified atom stereocenters. The van der Waals surface area contributed by atoms with Gasteiger partial charge in [-0.3, -0.25) is 4.79 Å². The molecule has 1 aromatic rings. The molecule has 0 saturated heterocycles. The second-order valence-electron chi connectivity index (χ2n) is 2.93. The van der Waals surface area contributed by atoms with Gasteiger partial charge < -0.3 is 15.9 Å². The van der Waals surface area contributed by atoms with Crippen LogP contribution in [0.4, 0.5) is 0 Å². The normalized spacial score (nSPS) is 12.4. The molecule has 0 spiro atoms. The number of phenolic OH excluding ortho intramolecular Hbond substituents is 1. The number of halogens is 1. The van der Waals surface area contributed by atoms with Crippen LogP contribution >= 0.6 is 22.6 Å². The zero-order valence-corrected chi connectivity index (χ0v) is 9.43. The molecule has 1 atom stereocenters. The second-order valence-corrected chi connectivity index (χ2v) is 4.10. The van der Waals surface area contributed by atoms with Crippen LogP contribution in [-0.2, 0) is 11.2 Å². The SMILES string of the molecule is NC(Cc1ccc(O)c([124I])c1)C(=O)O. The summed E-state index contributed by atoms with van der Waals surface area (Å²) in [6.07, 6.45) is 0.269. The molecule has 1 rings (SSSR count). The van der Waals surface area contributed by atoms with Crippen molar-refractivity contribution in [2.24, 2.45) is 5.73 Å². The summed E-state index contributed by atoms with van der Waals surface area (Å²) in [4.78, 5) is 10.5. The van der Waals surface area contributed by atoms with E-state index < -0.39 is 12.0 Å². The third-order valence-electron chi connectivity index (χ3n) is 1.78. The maximum absolute atomic E-state index is 10.5. The van der Waals surface area contributed by atoms with E-state index in [9.17, 15) is 9.90 Å². The summed E-state index contributed by atoms with van der Waals surface area (Å²) in [7, 11) is 0. The van der Waals surface area contributed by atoms with E-state index in [4.69, 9.17) is 10.8 Å². The van der Waals surface area contributed by atoms with Crippen LogP contribution in [0.3, 0.4) is 0 Å². The van der Waals surface area contributed by atoms with Gasteiger partial charge in [-0.2, -0.15) is 0 Å². The number of rotatable bonds is 3. The lowest BCUT2D eigenvalue weighted by Crippen LogP contribution is -2.32. The van der Waals surface area contributed by atoms with Gasteiger partial charge in [0, 0.05) is 0 Å². The zero-order valence-electron chi connectivity index (χ0n) is 7.27. The summed E-state index contributed by atoms with van der Waals surface area (Å²) < 4.78 is 0.692. The monoisotopic (exact) mass is 304 g/mol. The van der Waals surface area contributed by atoms with Gasteiger partial charge in [0.15, 0.2) is 0 Å². The van der Waals surface area contributed by atoms with Gasteiger partial charge in [0.05, 0.1) is 3.57 Å². The number of nitrogens with two attached hydrogens (primary N) is 1. The van der Waals surface area contributed by atoms with E-state index in [0.29, 0.717) is 3.57 Å². The predicted octanol–water partition coefficient (Wildman–Crippen LogP) is 0.951. The first-order chi connectivity index (χ1) is 6.50. The maximum Gasteiger partial charge on any atom is 0.320 e. The van der Waals surface area contributed by atoms with E-state index >= 15 is 0 Å². The molecule has 0 bridgehead atoms. The predicted molar refractivity (Wildman–Crippen MR) is 60.1 cm³/mol. The fraction of sp³-hybridized carbons (Fsp3) is 0.222. The molecule has 0 radical (unpaired) electrons. The van der Waals surface area contributed by atoms with Crippen molar-refractivity contribution in [2.75, 3.05) is 0 Å². The molecule has 0 aliphatic rings. The minimum Gasteiger partial charge on any atom is -0.507 e. The summed E-state index contributed by atoms with van der Waals surface area (Å²) >= 11 is 1.98. The summed E-state index contributed by atoms with van der Waals surface area (Å²) in [5, 5.41) is 17.8. The molecule has 0 aliphatic heterocycles. The smallest absolute Gasteiger partial charge is 0.320 e. The Hall–Kier alpha value is -0.820. The standard InChI is InChI=1S/C9H10INO3/c10-6-3-5(1-2-8(6)12)4-7(11)9(13)14/h1-3,7,12H,4,11H2,(H,13,14)/i10-3. The van der Waals surface area contributed by atoms with Crippen LogP contribution in [0.2, 0.25) is 0 Å². The molecular formula is C9H10INO3. The fourth-order valence-corrected chi connectivity index (χ4v) is 1.60. The topological polar surface area (TPSA) is 83.5 Å². The van der Waals surface area contributed by atoms with Crippen molar-refractivity contribution in [1.29, 1.82) is 0 Å². The van der Waals surface area contributed by atoms with Crippen molar-refractivity contribution in [1.82, 2.24) is 0 Å². The number of benzene rings is 1. The molecule has 1 aromatic carbocycles. The Morgan fingerprint density at radius 2 is 2.21 bits per heavy atom. The van der Waals surface area contributed by atoms with Crippen LogP contribution in [0.5, 0.6) is 5.75 Å². The second kappa shape index (κ2) is 4.61. The van der Waals surface area contributed by atoms with Gasteiger partial charge in [0.25, 0.3) is 0 Å². The molecule has 4 N–H and O–H groups in total. The van der Waals surface area contributed by atoms with E-state index in [-0.39, 0.29) is 12.2 Å². The minimum absolute atomic E-state index is 0.193. The molecule has 5 heteroatoms. The lowest BCUT2D eigenvalue weighted by Gasteiger charge is -2.07. The van der Waals surface area contributed by atoms with Gasteiger partial charge in [-0.05, 0) is 46.7 Å². The summed E-state index contributed by atoms with van der Waals surface area (Å²) in [6.45, 7) is 0. The number of carbonyl (C=O) groups is 1. The highest BCUT2D eigenvalue weighted by molar-refractivity contribution is 14.1. The van der Waals surface area contributed by atoms with Crippen molar-refractivity contribution in [2.45, 2.75) is 12.5 Å². The Balaban J connectivity index is 2.78. The number of carboxylic acids is 1. The molecule has 4 nitrogen and oxygen atoms in total. The highest BCUT2D eigenvalue weighted by Gasteiger charge is 2.12. The van der Waals surface area contributed by atoms with Crippen LogP contribution < -0.4 is 5.73 Å². The number of aromatic hydroxyl groups is 1. The van der Waals surface area contributed by atoms with Crippen molar-refractivity contribution in [3.63, 3.8) is 0 Å². The van der Waals surface area contributed by atoms with Crippen LogP contribution in [0.15, 0.2) is 18.2 Å². The quantitative estimate of drug-likeness (QED) is 0.726. The van der Waals surface area contributed by atoms with Gasteiger partial charge in [0.1, 0.15) is 11.8 Å². The Bertz CT molecular complexity index is 354. The fourth-order valence-electron chi connectivity index (χ4n) is 1.02. The first-order valence-corrected chi connectivity index (χ1v) is 5.04. The van der Waals surface area contributed by atoms with Gasteiger partial charge >= 0.3 is 5.97 Å². The van der Waals surface area contributed by atoms with Crippen LogP contribution in [0, 0.1) is 3.57 Å². The van der Waals surface area contributed by atoms with E-state index in [2.05, 4.69) is 0 Å². The molecule has 0 aromatic heterocycles. The molecule has 76 valence electrons. The molecule has 0 amide bonds. The van der Waals surface area contributed by atoms with Crippen LogP contribution in [-0.4, -0.2) is 22.2 Å². The van der Waals surface area contributed by atoms with Gasteiger partial charge in [-0.1, -0.05) is 6.07 Å². The zero-order chi connectivity index (χ0) is 10.7. The van der Waals surface area contributed by atoms with Crippen molar-refractivity contribution >= 4 is 28.6 Å². The van der Waals surface area contributed by atoms with Gasteiger partial charge in [-0.15, -0.1) is 0 Å². The first-order valence-electron chi connectivity index (χ1n) is 3.96. The van der Waals surface area contributed by atoms with Gasteiger partial charge in [0.2, 0.25) is 0 Å². The summed E-state index contributed by atoms with van der Waals surface area (Å²) in [5.41, 5.74) is 6.18. The van der Waals surface area contributed by atoms with Crippen LogP contribution in [0.1, 0.15) is 5.56 Å². The van der Waals surface area contributed by atoms with Gasteiger partial charge in [-0.25, -0.2) is 0 Å². The number of hydrogen-bond acceptors (Lipinski definition) is 3. The largest absolute Gasteiger partial charge is 0.507 e. The molecule has 0 heterocycles. The Kier molecular flexibility index (Phi) is 3.70. The number of carboxylic acid groups (broad SMARTS) is 1. The van der Waals surface area contributed by atoms with E-state index in [1.807, 2.05) is 22.6 Å². The van der Waals surface area contributed by atoms with E-state index in [1.54, 1.807) is 12.1 Å². The van der Waals surface area contributed by atoms with Crippen molar-refractivity contribution in [3.8, 4) is 5.75 Å². The minimum atomic E-state index is -1.02. The van der Waals surface area contributed by atoms with Crippen molar-refractivity contribution < 1.29 is 15.0 Å². The first kappa shape index (κ1) is 11.3. The Labute approximate surface area is 94.9 Å². The summed E-state index contributed by atoms with van der Waals surface area (Å²) in [5.74, 6) is -0.827. The third-order valence-corrected chi connectivity index (χ3v) is 2.65. The van der Waals surface area contributed by atoms with Crippen molar-refractivity contribution in [3.05, 3.63) is 27.3 Å². The number of hydrogen-bond donors (Lipinski definition) is 3. The summed E-state index contributed by atoms with van der Waals surface area (Å²) in [6, 6.07) is 4.03. The lowest BCUT2D eigenvalue weighted by molar-refractivity contribution is -0.138. The number of aliphatic carboxylic acids is 1. The lowest BCUT2D eigenvalue weighted by atomic mass is 10.1. The highest BCUT2D eigenvalue weighted by Crippen LogP contribution is 2.20. The average Bonchev–Trinajstić information content (AvgIpc) is 2.11. The number of phenols is 1. The highest BCUT2D eigenvalue weighted by atomic mass is 124. The average molecular weight is 304 g/mol. The maximum atomic E-state index is 10.5. The molecule has 0 aliphatic carbocycles. The molecule has 0 saturated carbocycles. The molecule has 14 heavy (non-hydrogen) atoms. The van der Waals surface area contributed by atoms with E-state index in [0.717, 1.165) is 5.56 Å². The molecular weight excluding hydrogens is 294 g/mol. The third kappa shape index (κ3) is 2.85. The van der Waals surface area contributed by atoms with Crippen LogP contribution in [0.25, 0.3) is 0 Å².